The predicted molar refractivity (Wildman–Crippen MR) is 55.2 cm³/mol. The highest BCUT2D eigenvalue weighted by molar-refractivity contribution is 4.83. The molecule has 82 valence electrons. The Kier molecular flexibility index (Phi) is 3.79. The van der Waals surface area contributed by atoms with Crippen molar-refractivity contribution in [2.45, 2.75) is 56.8 Å². The Morgan fingerprint density at radius 1 is 1.14 bits per heavy atom. The first-order valence-electron chi connectivity index (χ1n) is 5.89. The van der Waals surface area contributed by atoms with E-state index in [4.69, 9.17) is 4.74 Å². The van der Waals surface area contributed by atoms with Crippen molar-refractivity contribution in [1.29, 1.82) is 0 Å². The Bertz CT molecular complexity index is 169. The highest BCUT2D eigenvalue weighted by atomic mass is 16.5. The maximum Gasteiger partial charge on any atom is 0.0699 e. The van der Waals surface area contributed by atoms with Gasteiger partial charge in [0.15, 0.2) is 0 Å². The third-order valence-electron chi connectivity index (χ3n) is 3.36. The molecule has 1 heterocycles. The lowest BCUT2D eigenvalue weighted by atomic mass is 10.1. The van der Waals surface area contributed by atoms with Gasteiger partial charge >= 0.3 is 0 Å². The molecule has 2 aliphatic rings. The smallest absolute Gasteiger partial charge is 0.0699 e. The third kappa shape index (κ3) is 2.69. The first-order chi connectivity index (χ1) is 6.86. The summed E-state index contributed by atoms with van der Waals surface area (Å²) < 4.78 is 5.63. The van der Waals surface area contributed by atoms with Gasteiger partial charge in [-0.05, 0) is 38.5 Å². The molecular formula is C11H21NO2. The largest absolute Gasteiger partial charge is 0.392 e. The highest BCUT2D eigenvalue weighted by Gasteiger charge is 2.25. The summed E-state index contributed by atoms with van der Waals surface area (Å²) in [7, 11) is 0. The minimum absolute atomic E-state index is 0.126. The molecule has 1 unspecified atom stereocenters. The summed E-state index contributed by atoms with van der Waals surface area (Å²) in [6.45, 7) is 1.83. The van der Waals surface area contributed by atoms with E-state index in [1.165, 1.54) is 19.3 Å². The second-order valence-electron chi connectivity index (χ2n) is 4.50. The molecule has 0 spiro atoms. The van der Waals surface area contributed by atoms with Crippen molar-refractivity contribution in [2.75, 3.05) is 13.2 Å². The van der Waals surface area contributed by atoms with Crippen LogP contribution in [-0.4, -0.2) is 36.5 Å². The Hall–Kier alpha value is -0.120. The lowest BCUT2D eigenvalue weighted by molar-refractivity contribution is 0.0126. The molecule has 0 aromatic heterocycles. The Labute approximate surface area is 85.8 Å². The molecule has 2 N–H and O–H groups in total. The van der Waals surface area contributed by atoms with Crippen molar-refractivity contribution in [3.8, 4) is 0 Å². The van der Waals surface area contributed by atoms with Gasteiger partial charge in [0.1, 0.15) is 0 Å². The first kappa shape index (κ1) is 10.4. The Morgan fingerprint density at radius 3 is 2.71 bits per heavy atom. The van der Waals surface area contributed by atoms with E-state index in [1.54, 1.807) is 0 Å². The average Bonchev–Trinajstić information content (AvgIpc) is 2.63. The Balaban J connectivity index is 1.65. The SMILES string of the molecule is O[C@@H]1CCC[C@H]1NCC1CCCCO1. The molecule has 1 aliphatic carbocycles. The lowest BCUT2D eigenvalue weighted by Gasteiger charge is -2.25. The van der Waals surface area contributed by atoms with Gasteiger partial charge in [-0.1, -0.05) is 0 Å². The molecule has 3 atom stereocenters. The molecule has 2 fully saturated rings. The molecule has 0 radical (unpaired) electrons. The zero-order chi connectivity index (χ0) is 9.80. The fraction of sp³-hybridized carbons (Fsp3) is 1.00. The molecule has 3 nitrogen and oxygen atoms in total. The minimum atomic E-state index is -0.126. The van der Waals surface area contributed by atoms with Crippen LogP contribution in [0, 0.1) is 0 Å². The van der Waals surface area contributed by atoms with Crippen molar-refractivity contribution in [2.24, 2.45) is 0 Å². The van der Waals surface area contributed by atoms with E-state index in [9.17, 15) is 5.11 Å². The Morgan fingerprint density at radius 2 is 2.07 bits per heavy atom. The van der Waals surface area contributed by atoms with Crippen molar-refractivity contribution >= 4 is 0 Å². The monoisotopic (exact) mass is 199 g/mol. The normalized spacial score (nSPS) is 38.8. The zero-order valence-electron chi connectivity index (χ0n) is 8.74. The molecule has 0 aromatic rings. The van der Waals surface area contributed by atoms with Gasteiger partial charge in [-0.3, -0.25) is 0 Å². The number of hydrogen-bond acceptors (Lipinski definition) is 3. The molecule has 0 aromatic carbocycles. The number of nitrogens with one attached hydrogen (secondary N) is 1. The molecule has 1 saturated heterocycles. The van der Waals surface area contributed by atoms with Crippen LogP contribution in [0.2, 0.25) is 0 Å². The molecule has 14 heavy (non-hydrogen) atoms. The van der Waals surface area contributed by atoms with Crippen LogP contribution < -0.4 is 5.32 Å². The molecule has 3 heteroatoms. The van der Waals surface area contributed by atoms with E-state index in [2.05, 4.69) is 5.32 Å². The van der Waals surface area contributed by atoms with Crippen LogP contribution in [-0.2, 0) is 4.74 Å². The fourth-order valence-electron chi connectivity index (χ4n) is 2.43. The summed E-state index contributed by atoms with van der Waals surface area (Å²) in [4.78, 5) is 0. The fourth-order valence-corrected chi connectivity index (χ4v) is 2.43. The summed E-state index contributed by atoms with van der Waals surface area (Å²) in [6.07, 6.45) is 7.18. The number of ether oxygens (including phenoxy) is 1. The summed E-state index contributed by atoms with van der Waals surface area (Å²) in [5, 5.41) is 13.0. The topological polar surface area (TPSA) is 41.5 Å². The van der Waals surface area contributed by atoms with Gasteiger partial charge in [0.25, 0.3) is 0 Å². The molecule has 1 aliphatic heterocycles. The summed E-state index contributed by atoms with van der Waals surface area (Å²) in [6, 6.07) is 0.320. The second-order valence-corrected chi connectivity index (χ2v) is 4.50. The first-order valence-corrected chi connectivity index (χ1v) is 5.89. The molecule has 0 bridgehead atoms. The van der Waals surface area contributed by atoms with Gasteiger partial charge in [-0.15, -0.1) is 0 Å². The molecule has 1 saturated carbocycles. The van der Waals surface area contributed by atoms with E-state index in [0.29, 0.717) is 12.1 Å². The second kappa shape index (κ2) is 5.10. The molecule has 0 amide bonds. The summed E-state index contributed by atoms with van der Waals surface area (Å²) in [5.74, 6) is 0. The summed E-state index contributed by atoms with van der Waals surface area (Å²) >= 11 is 0. The minimum Gasteiger partial charge on any atom is -0.392 e. The van der Waals surface area contributed by atoms with Crippen molar-refractivity contribution < 1.29 is 9.84 Å². The van der Waals surface area contributed by atoms with Gasteiger partial charge < -0.3 is 15.2 Å². The van der Waals surface area contributed by atoms with E-state index >= 15 is 0 Å². The van der Waals surface area contributed by atoms with E-state index in [-0.39, 0.29) is 6.10 Å². The van der Waals surface area contributed by atoms with E-state index in [1.807, 2.05) is 0 Å². The van der Waals surface area contributed by atoms with Gasteiger partial charge in [0.05, 0.1) is 12.2 Å². The zero-order valence-corrected chi connectivity index (χ0v) is 8.74. The van der Waals surface area contributed by atoms with Gasteiger partial charge in [-0.25, -0.2) is 0 Å². The maximum absolute atomic E-state index is 9.62. The third-order valence-corrected chi connectivity index (χ3v) is 3.36. The van der Waals surface area contributed by atoms with Crippen LogP contribution in [0.25, 0.3) is 0 Å². The van der Waals surface area contributed by atoms with Gasteiger partial charge in [-0.2, -0.15) is 0 Å². The van der Waals surface area contributed by atoms with Crippen LogP contribution in [0.1, 0.15) is 38.5 Å². The lowest BCUT2D eigenvalue weighted by Crippen LogP contribution is -2.41. The van der Waals surface area contributed by atoms with Crippen LogP contribution >= 0.6 is 0 Å². The molecular weight excluding hydrogens is 178 g/mol. The van der Waals surface area contributed by atoms with Crippen molar-refractivity contribution in [3.63, 3.8) is 0 Å². The van der Waals surface area contributed by atoms with Gasteiger partial charge in [0.2, 0.25) is 0 Å². The standard InChI is InChI=1S/C11H21NO2/c13-11-6-3-5-10(11)12-8-9-4-1-2-7-14-9/h9-13H,1-8H2/t9?,10-,11-/m1/s1. The predicted octanol–water partition coefficient (Wildman–Crippen LogP) is 1.06. The van der Waals surface area contributed by atoms with Crippen molar-refractivity contribution in [3.05, 3.63) is 0 Å². The van der Waals surface area contributed by atoms with Crippen molar-refractivity contribution in [1.82, 2.24) is 5.32 Å². The summed E-state index contributed by atoms with van der Waals surface area (Å²) in [5.41, 5.74) is 0. The van der Waals surface area contributed by atoms with Crippen LogP contribution in [0.5, 0.6) is 0 Å². The number of aliphatic hydroxyl groups excluding tert-OH is 1. The number of rotatable bonds is 3. The number of hydrogen-bond donors (Lipinski definition) is 2. The van der Waals surface area contributed by atoms with E-state index < -0.39 is 0 Å². The van der Waals surface area contributed by atoms with E-state index in [0.717, 1.165) is 32.4 Å². The van der Waals surface area contributed by atoms with Crippen LogP contribution in [0.4, 0.5) is 0 Å². The van der Waals surface area contributed by atoms with Crippen LogP contribution in [0.15, 0.2) is 0 Å². The highest BCUT2D eigenvalue weighted by Crippen LogP contribution is 2.19. The quantitative estimate of drug-likeness (QED) is 0.714. The average molecular weight is 199 g/mol. The van der Waals surface area contributed by atoms with Gasteiger partial charge in [0, 0.05) is 19.2 Å². The number of aliphatic hydroxyl groups is 1. The van der Waals surface area contributed by atoms with Crippen LogP contribution in [0.3, 0.4) is 0 Å². The maximum atomic E-state index is 9.62. The molecule has 2 rings (SSSR count).